The van der Waals surface area contributed by atoms with Gasteiger partial charge in [-0.05, 0) is 61.7 Å². The van der Waals surface area contributed by atoms with E-state index in [1.807, 2.05) is 0 Å². The third kappa shape index (κ3) is 4.88. The number of amides is 1. The Morgan fingerprint density at radius 2 is 1.57 bits per heavy atom. The maximum absolute atomic E-state index is 13.5. The topological polar surface area (TPSA) is 55.6 Å². The highest BCUT2D eigenvalue weighted by Gasteiger charge is 2.56. The average molecular weight is 504 g/mol. The van der Waals surface area contributed by atoms with Gasteiger partial charge in [-0.1, -0.05) is 12.1 Å². The van der Waals surface area contributed by atoms with Crippen molar-refractivity contribution in [3.05, 3.63) is 70.5 Å². The van der Waals surface area contributed by atoms with Crippen molar-refractivity contribution in [2.45, 2.75) is 62.3 Å². The van der Waals surface area contributed by atoms with Crippen LogP contribution in [0, 0.1) is 5.82 Å². The molecule has 4 rings (SSSR count). The summed E-state index contributed by atoms with van der Waals surface area (Å²) in [4.78, 5) is 14.3. The number of nitrogens with zero attached hydrogens (tertiary/aromatic N) is 1. The molecule has 11 heteroatoms. The molecule has 0 aromatic heterocycles. The lowest BCUT2D eigenvalue weighted by molar-refractivity contribution is -0.143. The van der Waals surface area contributed by atoms with Crippen LogP contribution >= 0.6 is 0 Å². The molecule has 2 N–H and O–H groups in total. The van der Waals surface area contributed by atoms with Gasteiger partial charge in [0, 0.05) is 18.5 Å². The number of carbonyl (C=O) groups excluding carboxylic acids is 1. The zero-order chi connectivity index (χ0) is 25.9. The number of benzene rings is 2. The Hall–Kier alpha value is -2.66. The van der Waals surface area contributed by atoms with Crippen LogP contribution in [0.1, 0.15) is 54.5 Å². The van der Waals surface area contributed by atoms with Crippen molar-refractivity contribution in [1.29, 1.82) is 0 Å². The van der Waals surface area contributed by atoms with E-state index in [1.165, 1.54) is 36.1 Å². The third-order valence-corrected chi connectivity index (χ3v) is 6.69. The molecule has 2 aromatic rings. The van der Waals surface area contributed by atoms with Crippen molar-refractivity contribution in [2.75, 3.05) is 6.54 Å². The van der Waals surface area contributed by atoms with Gasteiger partial charge in [-0.25, -0.2) is 4.39 Å². The quantitative estimate of drug-likeness (QED) is 0.566. The molecule has 35 heavy (non-hydrogen) atoms. The van der Waals surface area contributed by atoms with E-state index in [2.05, 4.69) is 0 Å². The summed E-state index contributed by atoms with van der Waals surface area (Å²) in [5.74, 6) is -1.31. The maximum atomic E-state index is 13.5. The summed E-state index contributed by atoms with van der Waals surface area (Å²) in [6.45, 7) is 3.00. The van der Waals surface area contributed by atoms with E-state index in [9.17, 15) is 35.5 Å². The van der Waals surface area contributed by atoms with Gasteiger partial charge in [-0.3, -0.25) is 4.79 Å². The van der Waals surface area contributed by atoms with Crippen LogP contribution < -0.4 is 5.73 Å². The Kier molecular flexibility index (Phi) is 6.16. The van der Waals surface area contributed by atoms with E-state index in [4.69, 9.17) is 10.5 Å². The first-order chi connectivity index (χ1) is 16.1. The van der Waals surface area contributed by atoms with E-state index in [-0.39, 0.29) is 30.5 Å². The van der Waals surface area contributed by atoms with Crippen molar-refractivity contribution in [3.63, 3.8) is 0 Å². The second-order valence-corrected chi connectivity index (χ2v) is 9.38. The van der Waals surface area contributed by atoms with Gasteiger partial charge < -0.3 is 15.4 Å². The SMILES string of the molecule is C[C@@H](O[C@H]1CN2C(=O)[C@](C)(N)CC2C1c1ccc(F)cc1)c1cc(C(F)(F)F)cc(C(F)(F)F)c1. The Morgan fingerprint density at radius 1 is 1.03 bits per heavy atom. The molecule has 0 radical (unpaired) electrons. The summed E-state index contributed by atoms with van der Waals surface area (Å²) in [5, 5.41) is 0. The van der Waals surface area contributed by atoms with Crippen molar-refractivity contribution in [3.8, 4) is 0 Å². The minimum absolute atomic E-state index is 0.0494. The van der Waals surface area contributed by atoms with Crippen LogP contribution in [0.4, 0.5) is 30.7 Å². The Morgan fingerprint density at radius 3 is 2.09 bits per heavy atom. The monoisotopic (exact) mass is 504 g/mol. The highest BCUT2D eigenvalue weighted by molar-refractivity contribution is 5.89. The van der Waals surface area contributed by atoms with Gasteiger partial charge in [-0.15, -0.1) is 0 Å². The smallest absolute Gasteiger partial charge is 0.368 e. The molecule has 2 unspecified atom stereocenters. The van der Waals surface area contributed by atoms with E-state index in [0.717, 1.165) is 0 Å². The van der Waals surface area contributed by atoms with Crippen LogP contribution in [0.15, 0.2) is 42.5 Å². The van der Waals surface area contributed by atoms with E-state index in [1.54, 1.807) is 6.92 Å². The van der Waals surface area contributed by atoms with Crippen molar-refractivity contribution < 1.29 is 40.3 Å². The molecule has 0 bridgehead atoms. The van der Waals surface area contributed by atoms with Gasteiger partial charge in [0.25, 0.3) is 0 Å². The molecule has 2 fully saturated rings. The lowest BCUT2D eigenvalue weighted by atomic mass is 9.85. The molecular weight excluding hydrogens is 481 g/mol. The predicted molar refractivity (Wildman–Crippen MR) is 112 cm³/mol. The number of halogens is 7. The number of fused-ring (bicyclic) bond motifs is 1. The molecule has 0 saturated carbocycles. The first kappa shape index (κ1) is 25.4. The molecule has 190 valence electrons. The number of nitrogens with two attached hydrogens (primary N) is 1. The molecule has 2 heterocycles. The fourth-order valence-corrected chi connectivity index (χ4v) is 5.01. The normalized spacial score (nSPS) is 27.9. The molecule has 2 saturated heterocycles. The van der Waals surface area contributed by atoms with Gasteiger partial charge in [0.15, 0.2) is 0 Å². The maximum Gasteiger partial charge on any atom is 0.416 e. The molecule has 5 atom stereocenters. The predicted octanol–water partition coefficient (Wildman–Crippen LogP) is 5.43. The van der Waals surface area contributed by atoms with Crippen LogP contribution in [0.25, 0.3) is 0 Å². The summed E-state index contributed by atoms with van der Waals surface area (Å²) >= 11 is 0. The van der Waals surface area contributed by atoms with Crippen LogP contribution in [-0.2, 0) is 21.9 Å². The van der Waals surface area contributed by atoms with E-state index in [0.29, 0.717) is 17.7 Å². The lowest BCUT2D eigenvalue weighted by Crippen LogP contribution is -2.46. The lowest BCUT2D eigenvalue weighted by Gasteiger charge is -2.28. The molecule has 0 spiro atoms. The molecular formula is C24H23F7N2O2. The Balaban J connectivity index is 1.68. The van der Waals surface area contributed by atoms with Crippen molar-refractivity contribution >= 4 is 5.91 Å². The molecule has 4 nitrogen and oxygen atoms in total. The van der Waals surface area contributed by atoms with E-state index < -0.39 is 59.0 Å². The van der Waals surface area contributed by atoms with E-state index >= 15 is 0 Å². The van der Waals surface area contributed by atoms with Gasteiger partial charge in [-0.2, -0.15) is 26.3 Å². The third-order valence-electron chi connectivity index (χ3n) is 6.69. The zero-order valence-corrected chi connectivity index (χ0v) is 18.8. The minimum atomic E-state index is -4.99. The molecule has 2 aliphatic rings. The van der Waals surface area contributed by atoms with Crippen LogP contribution in [0.2, 0.25) is 0 Å². The number of rotatable bonds is 4. The zero-order valence-electron chi connectivity index (χ0n) is 18.8. The minimum Gasteiger partial charge on any atom is -0.368 e. The highest BCUT2D eigenvalue weighted by Crippen LogP contribution is 2.46. The summed E-state index contributed by atoms with van der Waals surface area (Å²) in [7, 11) is 0. The average Bonchev–Trinajstić information content (AvgIpc) is 3.19. The molecule has 2 aliphatic heterocycles. The Labute approximate surface area is 196 Å². The van der Waals surface area contributed by atoms with Gasteiger partial charge >= 0.3 is 12.4 Å². The van der Waals surface area contributed by atoms with Crippen molar-refractivity contribution in [1.82, 2.24) is 4.90 Å². The summed E-state index contributed by atoms with van der Waals surface area (Å²) in [5.41, 5.74) is 2.46. The number of alkyl halides is 6. The van der Waals surface area contributed by atoms with Crippen LogP contribution in [-0.4, -0.2) is 35.0 Å². The number of hydrogen-bond donors (Lipinski definition) is 1. The first-order valence-electron chi connectivity index (χ1n) is 10.9. The molecule has 2 aromatic carbocycles. The van der Waals surface area contributed by atoms with Gasteiger partial charge in [0.1, 0.15) is 5.82 Å². The number of ether oxygens (including phenoxy) is 1. The number of hydrogen-bond acceptors (Lipinski definition) is 3. The molecule has 0 aliphatic carbocycles. The fourth-order valence-electron chi connectivity index (χ4n) is 5.01. The van der Waals surface area contributed by atoms with Crippen molar-refractivity contribution in [2.24, 2.45) is 5.73 Å². The first-order valence-corrected chi connectivity index (χ1v) is 10.9. The second kappa shape index (κ2) is 8.48. The number of carbonyl (C=O) groups is 1. The second-order valence-electron chi connectivity index (χ2n) is 9.38. The fraction of sp³-hybridized carbons (Fsp3) is 0.458. The highest BCUT2D eigenvalue weighted by atomic mass is 19.4. The summed E-state index contributed by atoms with van der Waals surface area (Å²) in [6, 6.07) is 6.42. The van der Waals surface area contributed by atoms with Crippen LogP contribution in [0.3, 0.4) is 0 Å². The van der Waals surface area contributed by atoms with Gasteiger partial charge in [0.05, 0.1) is 28.9 Å². The Bertz CT molecular complexity index is 1080. The summed E-state index contributed by atoms with van der Waals surface area (Å²) in [6.07, 6.45) is -11.6. The largest absolute Gasteiger partial charge is 0.416 e. The van der Waals surface area contributed by atoms with Crippen LogP contribution in [0.5, 0.6) is 0 Å². The molecule has 1 amide bonds. The summed E-state index contributed by atoms with van der Waals surface area (Å²) < 4.78 is 99.3. The van der Waals surface area contributed by atoms with Gasteiger partial charge in [0.2, 0.25) is 5.91 Å². The standard InChI is InChI=1S/C24H23F7N2O2/c1-12(14-7-15(23(26,27)28)9-16(8-14)24(29,30)31)35-19-11-33-18(10-22(2,32)21(33)34)20(19)13-3-5-17(25)6-4-13/h3-9,12,18-20H,10-11,32H2,1-2H3/t12-,18?,19+,20?,22-/m1/s1.